The van der Waals surface area contributed by atoms with Crippen molar-refractivity contribution in [1.82, 2.24) is 4.98 Å². The van der Waals surface area contributed by atoms with Crippen LogP contribution in [0.15, 0.2) is 48.7 Å². The van der Waals surface area contributed by atoms with Gasteiger partial charge in [-0.2, -0.15) is 0 Å². The predicted molar refractivity (Wildman–Crippen MR) is 70.4 cm³/mol. The van der Waals surface area contributed by atoms with E-state index in [2.05, 4.69) is 15.6 Å². The number of carbonyl (C=O) groups excluding carboxylic acids is 1. The Morgan fingerprint density at radius 1 is 1.11 bits per heavy atom. The molecule has 0 bridgehead atoms. The van der Waals surface area contributed by atoms with Gasteiger partial charge in [-0.3, -0.25) is 4.79 Å². The Morgan fingerprint density at radius 2 is 1.94 bits per heavy atom. The van der Waals surface area contributed by atoms with Gasteiger partial charge >= 0.3 is 0 Å². The third kappa shape index (κ3) is 2.05. The summed E-state index contributed by atoms with van der Waals surface area (Å²) in [5, 5.41) is 6.04. The maximum atomic E-state index is 11.9. The van der Waals surface area contributed by atoms with E-state index in [4.69, 9.17) is 0 Å². The van der Waals surface area contributed by atoms with E-state index in [1.807, 2.05) is 42.5 Å². The Labute approximate surface area is 105 Å². The first-order valence-electron chi connectivity index (χ1n) is 5.89. The highest BCUT2D eigenvalue weighted by Crippen LogP contribution is 2.24. The Balaban J connectivity index is 1.81. The largest absolute Gasteiger partial charge is 0.370 e. The third-order valence-electron chi connectivity index (χ3n) is 2.98. The van der Waals surface area contributed by atoms with E-state index in [0.29, 0.717) is 12.2 Å². The van der Waals surface area contributed by atoms with E-state index >= 15 is 0 Å². The first kappa shape index (κ1) is 10.8. The first-order chi connectivity index (χ1) is 8.83. The maximum absolute atomic E-state index is 11.9. The number of nitrogens with one attached hydrogen (secondary N) is 2. The lowest BCUT2D eigenvalue weighted by Crippen LogP contribution is -2.40. The van der Waals surface area contributed by atoms with Crippen molar-refractivity contribution in [3.05, 3.63) is 54.2 Å². The van der Waals surface area contributed by atoms with Crippen molar-refractivity contribution < 1.29 is 4.79 Å². The van der Waals surface area contributed by atoms with Crippen LogP contribution in [-0.4, -0.2) is 16.9 Å². The van der Waals surface area contributed by atoms with Gasteiger partial charge in [0.05, 0.1) is 5.69 Å². The zero-order chi connectivity index (χ0) is 12.4. The van der Waals surface area contributed by atoms with Gasteiger partial charge in [0, 0.05) is 12.6 Å². The van der Waals surface area contributed by atoms with E-state index in [0.717, 1.165) is 11.3 Å². The van der Waals surface area contributed by atoms with Crippen LogP contribution in [0.1, 0.15) is 5.56 Å². The number of anilines is 2. The quantitative estimate of drug-likeness (QED) is 0.843. The van der Waals surface area contributed by atoms with Crippen molar-refractivity contribution >= 4 is 17.4 Å². The van der Waals surface area contributed by atoms with Gasteiger partial charge in [-0.05, 0) is 17.7 Å². The monoisotopic (exact) mass is 239 g/mol. The van der Waals surface area contributed by atoms with Crippen molar-refractivity contribution in [2.24, 2.45) is 0 Å². The number of hydrogen-bond donors (Lipinski definition) is 2. The Kier molecular flexibility index (Phi) is 2.68. The predicted octanol–water partition coefficient (Wildman–Crippen LogP) is 2.06. The number of aromatic nitrogens is 1. The van der Waals surface area contributed by atoms with Crippen LogP contribution in [-0.2, 0) is 11.2 Å². The summed E-state index contributed by atoms with van der Waals surface area (Å²) < 4.78 is 0. The summed E-state index contributed by atoms with van der Waals surface area (Å²) >= 11 is 0. The smallest absolute Gasteiger partial charge is 0.248 e. The van der Waals surface area contributed by atoms with E-state index in [1.165, 1.54) is 0 Å². The van der Waals surface area contributed by atoms with E-state index in [9.17, 15) is 4.79 Å². The molecule has 0 radical (unpaired) electrons. The first-order valence-corrected chi connectivity index (χ1v) is 5.89. The summed E-state index contributed by atoms with van der Waals surface area (Å²) in [5.41, 5.74) is 2.01. The summed E-state index contributed by atoms with van der Waals surface area (Å²) in [5.74, 6) is 0.567. The molecular formula is C14H13N3O. The Bertz CT molecular complexity index is 568. The highest BCUT2D eigenvalue weighted by atomic mass is 16.2. The number of fused-ring (bicyclic) bond motifs is 1. The number of nitrogens with zero attached hydrogens (tertiary/aromatic N) is 1. The second kappa shape index (κ2) is 4.49. The van der Waals surface area contributed by atoms with Crippen molar-refractivity contribution in [3.63, 3.8) is 0 Å². The number of pyridine rings is 1. The fourth-order valence-electron chi connectivity index (χ4n) is 2.07. The molecule has 0 saturated carbocycles. The number of benzene rings is 1. The van der Waals surface area contributed by atoms with Crippen LogP contribution in [0.4, 0.5) is 11.5 Å². The highest BCUT2D eigenvalue weighted by Gasteiger charge is 2.25. The molecule has 1 aromatic carbocycles. The fourth-order valence-corrected chi connectivity index (χ4v) is 2.07. The minimum atomic E-state index is -0.246. The van der Waals surface area contributed by atoms with Gasteiger partial charge in [0.2, 0.25) is 5.91 Å². The molecule has 90 valence electrons. The Hall–Kier alpha value is -2.36. The number of hydrogen-bond acceptors (Lipinski definition) is 3. The van der Waals surface area contributed by atoms with Crippen molar-refractivity contribution in [3.8, 4) is 0 Å². The molecule has 0 spiro atoms. The van der Waals surface area contributed by atoms with Crippen LogP contribution in [0, 0.1) is 0 Å². The summed E-state index contributed by atoms with van der Waals surface area (Å²) in [7, 11) is 0. The van der Waals surface area contributed by atoms with Gasteiger partial charge < -0.3 is 10.6 Å². The average Bonchev–Trinajstić information content (AvgIpc) is 2.41. The standard InChI is InChI=1S/C14H13N3O/c18-14-12(9-10-5-2-1-3-6-10)16-11-7-4-8-15-13(11)17-14/h1-8,12,16H,9H2,(H,15,17,18)/t12-/m0/s1. The maximum Gasteiger partial charge on any atom is 0.248 e. The topological polar surface area (TPSA) is 54.0 Å². The van der Waals surface area contributed by atoms with Gasteiger partial charge in [-0.15, -0.1) is 0 Å². The molecule has 1 aliphatic heterocycles. The normalized spacial score (nSPS) is 17.6. The third-order valence-corrected chi connectivity index (χ3v) is 2.98. The van der Waals surface area contributed by atoms with Crippen molar-refractivity contribution in [2.45, 2.75) is 12.5 Å². The lowest BCUT2D eigenvalue weighted by molar-refractivity contribution is -0.117. The summed E-state index contributed by atoms with van der Waals surface area (Å²) in [6.45, 7) is 0. The van der Waals surface area contributed by atoms with Crippen LogP contribution < -0.4 is 10.6 Å². The molecule has 0 aliphatic carbocycles. The van der Waals surface area contributed by atoms with E-state index < -0.39 is 0 Å². The molecule has 2 aromatic rings. The van der Waals surface area contributed by atoms with Gasteiger partial charge in [0.25, 0.3) is 0 Å². The SMILES string of the molecule is O=C1Nc2ncccc2N[C@H]1Cc1ccccc1. The highest BCUT2D eigenvalue weighted by molar-refractivity contribution is 6.01. The van der Waals surface area contributed by atoms with Crippen LogP contribution in [0.3, 0.4) is 0 Å². The van der Waals surface area contributed by atoms with Crippen molar-refractivity contribution in [1.29, 1.82) is 0 Å². The van der Waals surface area contributed by atoms with Crippen LogP contribution in [0.25, 0.3) is 0 Å². The minimum Gasteiger partial charge on any atom is -0.370 e. The summed E-state index contributed by atoms with van der Waals surface area (Å²) in [6, 6.07) is 13.5. The number of rotatable bonds is 2. The lowest BCUT2D eigenvalue weighted by atomic mass is 10.0. The molecule has 1 atom stereocenters. The second-order valence-electron chi connectivity index (χ2n) is 4.28. The van der Waals surface area contributed by atoms with Crippen LogP contribution in [0.5, 0.6) is 0 Å². The molecule has 4 heteroatoms. The van der Waals surface area contributed by atoms with Gasteiger partial charge in [0.1, 0.15) is 6.04 Å². The molecule has 4 nitrogen and oxygen atoms in total. The van der Waals surface area contributed by atoms with Crippen LogP contribution in [0.2, 0.25) is 0 Å². The number of carbonyl (C=O) groups is 1. The molecule has 0 unspecified atom stereocenters. The summed E-state index contributed by atoms with van der Waals surface area (Å²) in [6.07, 6.45) is 2.33. The molecule has 18 heavy (non-hydrogen) atoms. The molecule has 1 aromatic heterocycles. The van der Waals surface area contributed by atoms with Crippen LogP contribution >= 0.6 is 0 Å². The molecule has 3 rings (SSSR count). The zero-order valence-electron chi connectivity index (χ0n) is 9.76. The van der Waals surface area contributed by atoms with Gasteiger partial charge in [0.15, 0.2) is 5.82 Å². The zero-order valence-corrected chi connectivity index (χ0v) is 9.76. The summed E-state index contributed by atoms with van der Waals surface area (Å²) in [4.78, 5) is 16.1. The molecule has 1 aliphatic rings. The molecule has 1 amide bonds. The van der Waals surface area contributed by atoms with Gasteiger partial charge in [-0.1, -0.05) is 30.3 Å². The molecule has 2 N–H and O–H groups in total. The molecular weight excluding hydrogens is 226 g/mol. The Morgan fingerprint density at radius 3 is 2.78 bits per heavy atom. The van der Waals surface area contributed by atoms with E-state index in [1.54, 1.807) is 6.20 Å². The second-order valence-corrected chi connectivity index (χ2v) is 4.28. The molecule has 0 fully saturated rings. The fraction of sp³-hybridized carbons (Fsp3) is 0.143. The molecule has 2 heterocycles. The number of amides is 1. The lowest BCUT2D eigenvalue weighted by Gasteiger charge is -2.25. The van der Waals surface area contributed by atoms with Gasteiger partial charge in [-0.25, -0.2) is 4.98 Å². The minimum absolute atomic E-state index is 0.0370. The van der Waals surface area contributed by atoms with E-state index in [-0.39, 0.29) is 11.9 Å². The van der Waals surface area contributed by atoms with Crippen molar-refractivity contribution in [2.75, 3.05) is 10.6 Å². The molecule has 0 saturated heterocycles. The average molecular weight is 239 g/mol.